The van der Waals surface area contributed by atoms with Crippen molar-refractivity contribution in [1.29, 1.82) is 0 Å². The van der Waals surface area contributed by atoms with E-state index in [9.17, 15) is 4.79 Å². The standard InChI is InChI=1S/C15H21N3O2/c1-9-13(15(19)20-2)5-6-14(17-9)18-11-3-4-12(18)8-10(16)7-11/h5-6,10-12H,3-4,7-8,16H2,1-2H3. The Kier molecular flexibility index (Phi) is 3.38. The van der Waals surface area contributed by atoms with E-state index in [0.29, 0.717) is 23.7 Å². The Morgan fingerprint density at radius 3 is 2.55 bits per heavy atom. The van der Waals surface area contributed by atoms with Crippen LogP contribution < -0.4 is 10.6 Å². The van der Waals surface area contributed by atoms with E-state index in [-0.39, 0.29) is 5.97 Å². The van der Waals surface area contributed by atoms with Crippen LogP contribution in [0.15, 0.2) is 12.1 Å². The van der Waals surface area contributed by atoms with Crippen molar-refractivity contribution in [2.45, 2.75) is 50.7 Å². The number of nitrogens with two attached hydrogens (primary N) is 1. The molecule has 1 aromatic rings. The maximum Gasteiger partial charge on any atom is 0.339 e. The molecule has 2 fully saturated rings. The number of anilines is 1. The van der Waals surface area contributed by atoms with Gasteiger partial charge in [-0.15, -0.1) is 0 Å². The van der Waals surface area contributed by atoms with Crippen LogP contribution in [-0.2, 0) is 4.74 Å². The third-order valence-electron chi connectivity index (χ3n) is 4.51. The van der Waals surface area contributed by atoms with Gasteiger partial charge in [-0.05, 0) is 44.7 Å². The first-order valence-electron chi connectivity index (χ1n) is 7.20. The maximum absolute atomic E-state index is 11.6. The summed E-state index contributed by atoms with van der Waals surface area (Å²) in [6, 6.07) is 5.07. The molecule has 0 radical (unpaired) electrons. The summed E-state index contributed by atoms with van der Waals surface area (Å²) in [6.07, 6.45) is 4.46. The van der Waals surface area contributed by atoms with Crippen LogP contribution in [-0.4, -0.2) is 36.2 Å². The molecular formula is C15H21N3O2. The minimum absolute atomic E-state index is 0.319. The Labute approximate surface area is 119 Å². The molecule has 2 aliphatic rings. The van der Waals surface area contributed by atoms with Gasteiger partial charge in [0, 0.05) is 18.1 Å². The summed E-state index contributed by atoms with van der Waals surface area (Å²) in [7, 11) is 1.39. The number of piperidine rings is 1. The van der Waals surface area contributed by atoms with Gasteiger partial charge in [-0.1, -0.05) is 0 Å². The SMILES string of the molecule is COC(=O)c1ccc(N2C3CCC2CC(N)C3)nc1C. The van der Waals surface area contributed by atoms with Crippen LogP contribution in [0.3, 0.4) is 0 Å². The number of esters is 1. The lowest BCUT2D eigenvalue weighted by atomic mass is 9.98. The summed E-state index contributed by atoms with van der Waals surface area (Å²) in [6.45, 7) is 1.85. The number of methoxy groups -OCH3 is 1. The molecule has 2 unspecified atom stereocenters. The zero-order valence-electron chi connectivity index (χ0n) is 12.0. The normalized spacial score (nSPS) is 28.6. The molecule has 1 aromatic heterocycles. The molecule has 2 atom stereocenters. The van der Waals surface area contributed by atoms with Crippen LogP contribution in [0.1, 0.15) is 41.7 Å². The quantitative estimate of drug-likeness (QED) is 0.831. The molecule has 108 valence electrons. The number of aryl methyl sites for hydroxylation is 1. The van der Waals surface area contributed by atoms with Crippen molar-refractivity contribution in [3.05, 3.63) is 23.4 Å². The molecule has 0 spiro atoms. The molecule has 3 heterocycles. The topological polar surface area (TPSA) is 68.5 Å². The van der Waals surface area contributed by atoms with Crippen molar-refractivity contribution in [3.63, 3.8) is 0 Å². The largest absolute Gasteiger partial charge is 0.465 e. The number of hydrogen-bond acceptors (Lipinski definition) is 5. The van der Waals surface area contributed by atoms with Crippen LogP contribution in [0.4, 0.5) is 5.82 Å². The minimum Gasteiger partial charge on any atom is -0.465 e. The highest BCUT2D eigenvalue weighted by atomic mass is 16.5. The predicted octanol–water partition coefficient (Wildman–Crippen LogP) is 1.64. The monoisotopic (exact) mass is 275 g/mol. The first kappa shape index (κ1) is 13.4. The molecular weight excluding hydrogens is 254 g/mol. The molecule has 5 nitrogen and oxygen atoms in total. The molecule has 3 rings (SSSR count). The summed E-state index contributed by atoms with van der Waals surface area (Å²) < 4.78 is 4.76. The number of nitrogens with zero attached hydrogens (tertiary/aromatic N) is 2. The van der Waals surface area contributed by atoms with Gasteiger partial charge in [-0.3, -0.25) is 0 Å². The number of pyridine rings is 1. The molecule has 2 saturated heterocycles. The fraction of sp³-hybridized carbons (Fsp3) is 0.600. The molecule has 2 aliphatic heterocycles. The van der Waals surface area contributed by atoms with Gasteiger partial charge >= 0.3 is 5.97 Å². The Morgan fingerprint density at radius 1 is 1.35 bits per heavy atom. The smallest absolute Gasteiger partial charge is 0.339 e. The van der Waals surface area contributed by atoms with Gasteiger partial charge in [0.1, 0.15) is 5.82 Å². The highest BCUT2D eigenvalue weighted by molar-refractivity contribution is 5.90. The lowest BCUT2D eigenvalue weighted by Gasteiger charge is -2.38. The van der Waals surface area contributed by atoms with Crippen molar-refractivity contribution in [2.75, 3.05) is 12.0 Å². The van der Waals surface area contributed by atoms with E-state index in [1.54, 1.807) is 0 Å². The van der Waals surface area contributed by atoms with Gasteiger partial charge in [0.15, 0.2) is 0 Å². The van der Waals surface area contributed by atoms with Gasteiger partial charge in [-0.25, -0.2) is 9.78 Å². The molecule has 20 heavy (non-hydrogen) atoms. The van der Waals surface area contributed by atoms with E-state index in [1.807, 2.05) is 19.1 Å². The van der Waals surface area contributed by atoms with Crippen LogP contribution in [0, 0.1) is 6.92 Å². The zero-order chi connectivity index (χ0) is 14.3. The lowest BCUT2D eigenvalue weighted by Crippen LogP contribution is -2.47. The molecule has 0 saturated carbocycles. The van der Waals surface area contributed by atoms with E-state index >= 15 is 0 Å². The van der Waals surface area contributed by atoms with Gasteiger partial charge in [0.05, 0.1) is 18.4 Å². The van der Waals surface area contributed by atoms with Gasteiger partial charge in [-0.2, -0.15) is 0 Å². The average Bonchev–Trinajstić information content (AvgIpc) is 2.70. The summed E-state index contributed by atoms with van der Waals surface area (Å²) in [5, 5.41) is 0. The highest BCUT2D eigenvalue weighted by Crippen LogP contribution is 2.38. The van der Waals surface area contributed by atoms with E-state index in [4.69, 9.17) is 10.5 Å². The number of rotatable bonds is 2. The fourth-order valence-electron chi connectivity index (χ4n) is 3.61. The number of carbonyl (C=O) groups is 1. The fourth-order valence-corrected chi connectivity index (χ4v) is 3.61. The van der Waals surface area contributed by atoms with E-state index in [0.717, 1.165) is 24.4 Å². The second kappa shape index (κ2) is 5.05. The number of ether oxygens (including phenoxy) is 1. The third kappa shape index (κ3) is 2.16. The number of hydrogen-bond donors (Lipinski definition) is 1. The second-order valence-corrected chi connectivity index (χ2v) is 5.82. The van der Waals surface area contributed by atoms with Crippen molar-refractivity contribution in [2.24, 2.45) is 5.73 Å². The molecule has 0 aromatic carbocycles. The molecule has 0 aliphatic carbocycles. The van der Waals surface area contributed by atoms with Crippen molar-refractivity contribution in [3.8, 4) is 0 Å². The minimum atomic E-state index is -0.329. The van der Waals surface area contributed by atoms with Crippen molar-refractivity contribution in [1.82, 2.24) is 4.98 Å². The van der Waals surface area contributed by atoms with Crippen molar-refractivity contribution >= 4 is 11.8 Å². The third-order valence-corrected chi connectivity index (χ3v) is 4.51. The second-order valence-electron chi connectivity index (χ2n) is 5.82. The Hall–Kier alpha value is -1.62. The summed E-state index contributed by atoms with van der Waals surface area (Å²) in [5.41, 5.74) is 7.36. The highest BCUT2D eigenvalue weighted by Gasteiger charge is 2.40. The summed E-state index contributed by atoms with van der Waals surface area (Å²) in [5.74, 6) is 0.639. The zero-order valence-corrected chi connectivity index (χ0v) is 12.0. The van der Waals surface area contributed by atoms with Crippen LogP contribution >= 0.6 is 0 Å². The number of fused-ring (bicyclic) bond motifs is 2. The first-order valence-corrected chi connectivity index (χ1v) is 7.20. The number of carbonyl (C=O) groups excluding carboxylic acids is 1. The number of aromatic nitrogens is 1. The van der Waals surface area contributed by atoms with Gasteiger partial charge in [0.25, 0.3) is 0 Å². The Bertz CT molecular complexity index is 518. The molecule has 0 amide bonds. The van der Waals surface area contributed by atoms with E-state index < -0.39 is 0 Å². The molecule has 2 bridgehead atoms. The Morgan fingerprint density at radius 2 is 2.00 bits per heavy atom. The molecule has 5 heteroatoms. The van der Waals surface area contributed by atoms with Gasteiger partial charge < -0.3 is 15.4 Å². The van der Waals surface area contributed by atoms with Crippen LogP contribution in [0.2, 0.25) is 0 Å². The lowest BCUT2D eigenvalue weighted by molar-refractivity contribution is 0.0599. The van der Waals surface area contributed by atoms with Crippen LogP contribution in [0.25, 0.3) is 0 Å². The molecule has 2 N–H and O–H groups in total. The predicted molar refractivity (Wildman–Crippen MR) is 76.8 cm³/mol. The average molecular weight is 275 g/mol. The summed E-state index contributed by atoms with van der Waals surface area (Å²) in [4.78, 5) is 18.6. The van der Waals surface area contributed by atoms with Crippen LogP contribution in [0.5, 0.6) is 0 Å². The maximum atomic E-state index is 11.6. The van der Waals surface area contributed by atoms with E-state index in [1.165, 1.54) is 20.0 Å². The summed E-state index contributed by atoms with van der Waals surface area (Å²) >= 11 is 0. The van der Waals surface area contributed by atoms with Gasteiger partial charge in [0.2, 0.25) is 0 Å². The van der Waals surface area contributed by atoms with Crippen molar-refractivity contribution < 1.29 is 9.53 Å². The Balaban J connectivity index is 1.88. The van der Waals surface area contributed by atoms with E-state index in [2.05, 4.69) is 9.88 Å². The first-order chi connectivity index (χ1) is 9.60.